The van der Waals surface area contributed by atoms with Gasteiger partial charge in [0.1, 0.15) is 6.04 Å². The normalized spacial score (nSPS) is 11.9. The molecule has 2 aromatic rings. The Labute approximate surface area is 179 Å². The van der Waals surface area contributed by atoms with Crippen LogP contribution in [0.5, 0.6) is 0 Å². The Hall–Kier alpha value is -2.33. The number of amides is 2. The minimum Gasteiger partial charge on any atom is -0.354 e. The lowest BCUT2D eigenvalue weighted by Crippen LogP contribution is -2.49. The number of rotatable bonds is 10. The fourth-order valence-corrected chi connectivity index (χ4v) is 3.29. The molecule has 0 spiro atoms. The van der Waals surface area contributed by atoms with Gasteiger partial charge in [0.2, 0.25) is 11.8 Å². The van der Waals surface area contributed by atoms with Gasteiger partial charge in [0.15, 0.2) is 0 Å². The van der Waals surface area contributed by atoms with Crippen LogP contribution in [0.1, 0.15) is 44.7 Å². The Morgan fingerprint density at radius 1 is 1.00 bits per heavy atom. The summed E-state index contributed by atoms with van der Waals surface area (Å²) in [5, 5.41) is 3.63. The van der Waals surface area contributed by atoms with E-state index < -0.39 is 6.04 Å². The highest BCUT2D eigenvalue weighted by Gasteiger charge is 2.28. The highest BCUT2D eigenvalue weighted by molar-refractivity contribution is 6.30. The first-order valence-corrected chi connectivity index (χ1v) is 10.6. The Morgan fingerprint density at radius 2 is 1.66 bits per heavy atom. The van der Waals surface area contributed by atoms with E-state index in [-0.39, 0.29) is 11.8 Å². The van der Waals surface area contributed by atoms with Gasteiger partial charge in [0, 0.05) is 24.5 Å². The minimum atomic E-state index is -0.493. The number of carbonyl (C=O) groups excluding carboxylic acids is 2. The lowest BCUT2D eigenvalue weighted by atomic mass is 10.1. The molecule has 1 unspecified atom stereocenters. The van der Waals surface area contributed by atoms with E-state index in [0.29, 0.717) is 43.3 Å². The smallest absolute Gasteiger partial charge is 0.242 e. The summed E-state index contributed by atoms with van der Waals surface area (Å²) in [7, 11) is 0. The summed E-state index contributed by atoms with van der Waals surface area (Å²) in [6, 6.07) is 16.9. The molecule has 2 aromatic carbocycles. The standard InChI is InChI=1S/C24H31ClN2O2/c1-4-22(24(29)26-16-18(2)3)27(17-20-10-13-21(25)14-11-20)23(28)15-12-19-8-6-5-7-9-19/h5-11,13-14,18,22H,4,12,15-17H2,1-3H3,(H,26,29). The summed E-state index contributed by atoms with van der Waals surface area (Å²) in [4.78, 5) is 27.7. The molecule has 5 heteroatoms. The predicted octanol–water partition coefficient (Wildman–Crippen LogP) is 4.85. The number of hydrogen-bond donors (Lipinski definition) is 1. The minimum absolute atomic E-state index is 0.0182. The van der Waals surface area contributed by atoms with Gasteiger partial charge in [0.25, 0.3) is 0 Å². The molecule has 1 N–H and O–H groups in total. The van der Waals surface area contributed by atoms with Crippen LogP contribution in [0.25, 0.3) is 0 Å². The highest BCUT2D eigenvalue weighted by Crippen LogP contribution is 2.17. The lowest BCUT2D eigenvalue weighted by molar-refractivity contribution is -0.141. The third-order valence-corrected chi connectivity index (χ3v) is 5.06. The molecule has 0 fully saturated rings. The van der Waals surface area contributed by atoms with E-state index in [9.17, 15) is 9.59 Å². The number of carbonyl (C=O) groups is 2. The lowest BCUT2D eigenvalue weighted by Gasteiger charge is -2.31. The van der Waals surface area contributed by atoms with E-state index in [1.54, 1.807) is 4.90 Å². The summed E-state index contributed by atoms with van der Waals surface area (Å²) in [6.07, 6.45) is 1.58. The van der Waals surface area contributed by atoms with E-state index in [2.05, 4.69) is 19.2 Å². The SMILES string of the molecule is CCC(C(=O)NCC(C)C)N(Cc1ccc(Cl)cc1)C(=O)CCc1ccccc1. The zero-order chi connectivity index (χ0) is 21.2. The Balaban J connectivity index is 2.16. The van der Waals surface area contributed by atoms with E-state index in [0.717, 1.165) is 11.1 Å². The molecule has 0 aliphatic heterocycles. The second-order valence-corrected chi connectivity index (χ2v) is 8.13. The van der Waals surface area contributed by atoms with Crippen molar-refractivity contribution in [1.82, 2.24) is 10.2 Å². The van der Waals surface area contributed by atoms with Crippen LogP contribution in [0.4, 0.5) is 0 Å². The first-order chi connectivity index (χ1) is 13.9. The molecule has 156 valence electrons. The first-order valence-electron chi connectivity index (χ1n) is 10.3. The van der Waals surface area contributed by atoms with Crippen LogP contribution in [0.15, 0.2) is 54.6 Å². The van der Waals surface area contributed by atoms with Crippen molar-refractivity contribution < 1.29 is 9.59 Å². The molecule has 0 bridgehead atoms. The maximum absolute atomic E-state index is 13.2. The average Bonchev–Trinajstić information content (AvgIpc) is 2.72. The topological polar surface area (TPSA) is 49.4 Å². The van der Waals surface area contributed by atoms with Crippen molar-refractivity contribution >= 4 is 23.4 Å². The summed E-state index contributed by atoms with van der Waals surface area (Å²) >= 11 is 5.99. The maximum Gasteiger partial charge on any atom is 0.242 e. The van der Waals surface area contributed by atoms with Crippen LogP contribution < -0.4 is 5.32 Å². The summed E-state index contributed by atoms with van der Waals surface area (Å²) < 4.78 is 0. The molecule has 0 aliphatic carbocycles. The van der Waals surface area contributed by atoms with Crippen molar-refractivity contribution in [2.24, 2.45) is 5.92 Å². The number of hydrogen-bond acceptors (Lipinski definition) is 2. The van der Waals surface area contributed by atoms with Crippen molar-refractivity contribution in [2.75, 3.05) is 6.54 Å². The van der Waals surface area contributed by atoms with Crippen molar-refractivity contribution in [3.05, 3.63) is 70.7 Å². The number of nitrogens with one attached hydrogen (secondary N) is 1. The monoisotopic (exact) mass is 414 g/mol. The maximum atomic E-state index is 13.2. The summed E-state index contributed by atoms with van der Waals surface area (Å²) in [6.45, 7) is 7.04. The average molecular weight is 415 g/mol. The van der Waals surface area contributed by atoms with Gasteiger partial charge < -0.3 is 10.2 Å². The molecule has 2 rings (SSSR count). The second kappa shape index (κ2) is 11.6. The molecule has 29 heavy (non-hydrogen) atoms. The molecule has 0 radical (unpaired) electrons. The van der Waals surface area contributed by atoms with Crippen LogP contribution >= 0.6 is 11.6 Å². The summed E-state index contributed by atoms with van der Waals surface area (Å²) in [5.74, 6) is 0.244. The molecule has 4 nitrogen and oxygen atoms in total. The van der Waals surface area contributed by atoms with Gasteiger partial charge in [0.05, 0.1) is 0 Å². The zero-order valence-electron chi connectivity index (χ0n) is 17.5. The fourth-order valence-electron chi connectivity index (χ4n) is 3.17. The third-order valence-electron chi connectivity index (χ3n) is 4.81. The fraction of sp³-hybridized carbons (Fsp3) is 0.417. The van der Waals surface area contributed by atoms with E-state index >= 15 is 0 Å². The van der Waals surface area contributed by atoms with Crippen molar-refractivity contribution in [3.63, 3.8) is 0 Å². The van der Waals surface area contributed by atoms with Crippen LogP contribution in [-0.4, -0.2) is 29.3 Å². The Bertz CT molecular complexity index is 775. The van der Waals surface area contributed by atoms with Gasteiger partial charge in [-0.3, -0.25) is 9.59 Å². The molecule has 0 aliphatic rings. The highest BCUT2D eigenvalue weighted by atomic mass is 35.5. The number of benzene rings is 2. The van der Waals surface area contributed by atoms with Gasteiger partial charge in [-0.25, -0.2) is 0 Å². The van der Waals surface area contributed by atoms with Gasteiger partial charge in [-0.2, -0.15) is 0 Å². The molecule has 0 heterocycles. The molecule has 0 aromatic heterocycles. The van der Waals surface area contributed by atoms with Crippen molar-refractivity contribution in [1.29, 1.82) is 0 Å². The quantitative estimate of drug-likeness (QED) is 0.604. The van der Waals surface area contributed by atoms with Gasteiger partial charge in [-0.15, -0.1) is 0 Å². The zero-order valence-corrected chi connectivity index (χ0v) is 18.3. The predicted molar refractivity (Wildman–Crippen MR) is 119 cm³/mol. The van der Waals surface area contributed by atoms with Crippen LogP contribution in [0.2, 0.25) is 5.02 Å². The molecule has 0 saturated heterocycles. The van der Waals surface area contributed by atoms with E-state index in [4.69, 9.17) is 11.6 Å². The van der Waals surface area contributed by atoms with Crippen LogP contribution in [0.3, 0.4) is 0 Å². The van der Waals surface area contributed by atoms with E-state index in [1.807, 2.05) is 61.5 Å². The second-order valence-electron chi connectivity index (χ2n) is 7.70. The van der Waals surface area contributed by atoms with Gasteiger partial charge >= 0.3 is 0 Å². The number of halogens is 1. The van der Waals surface area contributed by atoms with Crippen molar-refractivity contribution in [2.45, 2.75) is 52.6 Å². The Kier molecular flexibility index (Phi) is 9.20. The first kappa shape index (κ1) is 23.0. The number of nitrogens with zero attached hydrogens (tertiary/aromatic N) is 1. The largest absolute Gasteiger partial charge is 0.354 e. The third kappa shape index (κ3) is 7.54. The molecule has 0 saturated carbocycles. The molecule has 2 amide bonds. The summed E-state index contributed by atoms with van der Waals surface area (Å²) in [5.41, 5.74) is 2.07. The van der Waals surface area contributed by atoms with E-state index in [1.165, 1.54) is 0 Å². The van der Waals surface area contributed by atoms with Crippen molar-refractivity contribution in [3.8, 4) is 0 Å². The number of aryl methyl sites for hydroxylation is 1. The molecule has 1 atom stereocenters. The van der Waals surface area contributed by atoms with Gasteiger partial charge in [-0.1, -0.05) is 74.8 Å². The molecular weight excluding hydrogens is 384 g/mol. The van der Waals surface area contributed by atoms with Gasteiger partial charge in [-0.05, 0) is 42.0 Å². The van der Waals surface area contributed by atoms with Crippen LogP contribution in [0, 0.1) is 5.92 Å². The van der Waals surface area contributed by atoms with Crippen LogP contribution in [-0.2, 0) is 22.6 Å². The molecular formula is C24H31ClN2O2. The Morgan fingerprint density at radius 3 is 2.24 bits per heavy atom.